The van der Waals surface area contributed by atoms with Crippen LogP contribution in [0.1, 0.15) is 37.7 Å². The molecule has 0 aromatic heterocycles. The molecule has 6 heteroatoms. The molecular formula is C17H21F3N2O. The molecule has 0 radical (unpaired) electrons. The Morgan fingerprint density at radius 3 is 2.57 bits per heavy atom. The monoisotopic (exact) mass is 326 g/mol. The van der Waals surface area contributed by atoms with Gasteiger partial charge in [0.15, 0.2) is 0 Å². The minimum atomic E-state index is -4.24. The van der Waals surface area contributed by atoms with E-state index < -0.39 is 12.6 Å². The summed E-state index contributed by atoms with van der Waals surface area (Å²) in [6, 6.07) is 7.06. The molecular weight excluding hydrogens is 305 g/mol. The predicted octanol–water partition coefficient (Wildman–Crippen LogP) is 3.65. The highest BCUT2D eigenvalue weighted by Gasteiger charge is 2.34. The zero-order chi connectivity index (χ0) is 16.4. The summed E-state index contributed by atoms with van der Waals surface area (Å²) in [5.41, 5.74) is 0.601. The SMILES string of the molecule is O=C(CC1CC2CCC(C1)N2)Nc1cccc(CC(F)(F)F)c1. The van der Waals surface area contributed by atoms with Crippen molar-refractivity contribution in [2.75, 3.05) is 5.32 Å². The van der Waals surface area contributed by atoms with E-state index in [2.05, 4.69) is 10.6 Å². The summed E-state index contributed by atoms with van der Waals surface area (Å²) in [6.45, 7) is 0. The van der Waals surface area contributed by atoms with Crippen molar-refractivity contribution in [3.63, 3.8) is 0 Å². The largest absolute Gasteiger partial charge is 0.393 e. The molecule has 2 saturated heterocycles. The topological polar surface area (TPSA) is 41.1 Å². The minimum Gasteiger partial charge on any atom is -0.326 e. The second kappa shape index (κ2) is 6.51. The first-order chi connectivity index (χ1) is 10.9. The van der Waals surface area contributed by atoms with Crippen molar-refractivity contribution >= 4 is 11.6 Å². The van der Waals surface area contributed by atoms with E-state index in [9.17, 15) is 18.0 Å². The van der Waals surface area contributed by atoms with Crippen LogP contribution in [-0.2, 0) is 11.2 Å². The van der Waals surface area contributed by atoms with E-state index in [0.717, 1.165) is 12.8 Å². The number of rotatable bonds is 4. The Bertz CT molecular complexity index is 561. The number of nitrogens with one attached hydrogen (secondary N) is 2. The lowest BCUT2D eigenvalue weighted by atomic mass is 9.89. The van der Waals surface area contributed by atoms with Crippen LogP contribution in [-0.4, -0.2) is 24.2 Å². The highest BCUT2D eigenvalue weighted by molar-refractivity contribution is 5.90. The van der Waals surface area contributed by atoms with Crippen LogP contribution in [0.5, 0.6) is 0 Å². The van der Waals surface area contributed by atoms with Crippen LogP contribution in [0.25, 0.3) is 0 Å². The van der Waals surface area contributed by atoms with Crippen LogP contribution in [0.2, 0.25) is 0 Å². The molecule has 3 rings (SSSR count). The third kappa shape index (κ3) is 4.70. The molecule has 1 amide bonds. The number of hydrogen-bond donors (Lipinski definition) is 2. The molecule has 2 aliphatic heterocycles. The number of hydrogen-bond acceptors (Lipinski definition) is 2. The van der Waals surface area contributed by atoms with Crippen molar-refractivity contribution in [3.8, 4) is 0 Å². The van der Waals surface area contributed by atoms with Gasteiger partial charge in [-0.2, -0.15) is 13.2 Å². The van der Waals surface area contributed by atoms with E-state index in [1.54, 1.807) is 12.1 Å². The Labute approximate surface area is 133 Å². The molecule has 126 valence electrons. The number of alkyl halides is 3. The van der Waals surface area contributed by atoms with Crippen LogP contribution in [0.4, 0.5) is 18.9 Å². The molecule has 23 heavy (non-hydrogen) atoms. The first kappa shape index (κ1) is 16.3. The zero-order valence-corrected chi connectivity index (χ0v) is 12.8. The average Bonchev–Trinajstić information content (AvgIpc) is 2.76. The number of anilines is 1. The third-order valence-corrected chi connectivity index (χ3v) is 4.66. The first-order valence-corrected chi connectivity index (χ1v) is 8.09. The summed E-state index contributed by atoms with van der Waals surface area (Å²) in [6.07, 6.45) is -0.385. The van der Waals surface area contributed by atoms with Crippen LogP contribution in [0, 0.1) is 5.92 Å². The summed E-state index contributed by atoms with van der Waals surface area (Å²) in [4.78, 5) is 12.2. The number of benzene rings is 1. The highest BCUT2D eigenvalue weighted by Crippen LogP contribution is 2.33. The van der Waals surface area contributed by atoms with E-state index in [1.165, 1.54) is 25.0 Å². The molecule has 2 N–H and O–H groups in total. The molecule has 0 spiro atoms. The number of carbonyl (C=O) groups excluding carboxylic acids is 1. The molecule has 1 aromatic carbocycles. The maximum absolute atomic E-state index is 12.4. The van der Waals surface area contributed by atoms with E-state index >= 15 is 0 Å². The first-order valence-electron chi connectivity index (χ1n) is 8.09. The number of piperidine rings is 1. The summed E-state index contributed by atoms with van der Waals surface area (Å²) in [7, 11) is 0. The third-order valence-electron chi connectivity index (χ3n) is 4.66. The van der Waals surface area contributed by atoms with Crippen molar-refractivity contribution in [1.29, 1.82) is 0 Å². The molecule has 2 aliphatic rings. The standard InChI is InChI=1S/C17H21F3N2O/c18-17(19,20)10-11-2-1-3-13(6-11)22-16(23)9-12-7-14-4-5-15(8-12)21-14/h1-3,6,12,14-15,21H,4-5,7-10H2,(H,22,23). The van der Waals surface area contributed by atoms with Crippen molar-refractivity contribution in [2.45, 2.75) is 56.8 Å². The van der Waals surface area contributed by atoms with Crippen LogP contribution >= 0.6 is 0 Å². The summed E-state index contributed by atoms with van der Waals surface area (Å²) < 4.78 is 37.3. The Hall–Kier alpha value is -1.56. The van der Waals surface area contributed by atoms with Crippen molar-refractivity contribution in [1.82, 2.24) is 5.32 Å². The van der Waals surface area contributed by atoms with Crippen LogP contribution < -0.4 is 10.6 Å². The fourth-order valence-electron chi connectivity index (χ4n) is 3.81. The van der Waals surface area contributed by atoms with E-state index in [4.69, 9.17) is 0 Å². The van der Waals surface area contributed by atoms with E-state index in [0.29, 0.717) is 30.1 Å². The molecule has 1 aromatic rings. The van der Waals surface area contributed by atoms with Gasteiger partial charge < -0.3 is 10.6 Å². The van der Waals surface area contributed by atoms with Crippen molar-refractivity contribution in [3.05, 3.63) is 29.8 Å². The lowest BCUT2D eigenvalue weighted by molar-refractivity contribution is -0.127. The Morgan fingerprint density at radius 1 is 1.22 bits per heavy atom. The number of carbonyl (C=O) groups is 1. The van der Waals surface area contributed by atoms with Gasteiger partial charge in [0.2, 0.25) is 5.91 Å². The van der Waals surface area contributed by atoms with Gasteiger partial charge >= 0.3 is 6.18 Å². The lowest BCUT2D eigenvalue weighted by Gasteiger charge is -2.28. The second-order valence-corrected chi connectivity index (χ2v) is 6.72. The second-order valence-electron chi connectivity index (χ2n) is 6.72. The number of halogens is 3. The molecule has 3 nitrogen and oxygen atoms in total. The number of fused-ring (bicyclic) bond motifs is 2. The lowest BCUT2D eigenvalue weighted by Crippen LogP contribution is -2.39. The predicted molar refractivity (Wildman–Crippen MR) is 82.1 cm³/mol. The van der Waals surface area contributed by atoms with Gasteiger partial charge in [-0.3, -0.25) is 4.79 Å². The van der Waals surface area contributed by atoms with Crippen molar-refractivity contribution in [2.24, 2.45) is 5.92 Å². The summed E-state index contributed by atoms with van der Waals surface area (Å²) in [5, 5.41) is 6.27. The molecule has 2 atom stereocenters. The van der Waals surface area contributed by atoms with Gasteiger partial charge in [0.1, 0.15) is 0 Å². The molecule has 2 unspecified atom stereocenters. The summed E-state index contributed by atoms with van der Waals surface area (Å²) >= 11 is 0. The fourth-order valence-corrected chi connectivity index (χ4v) is 3.81. The van der Waals surface area contributed by atoms with Crippen LogP contribution in [0.15, 0.2) is 24.3 Å². The quantitative estimate of drug-likeness (QED) is 0.887. The molecule has 0 aliphatic carbocycles. The van der Waals surface area contributed by atoms with E-state index in [-0.39, 0.29) is 11.5 Å². The Kier molecular flexibility index (Phi) is 4.62. The maximum Gasteiger partial charge on any atom is 0.393 e. The average molecular weight is 326 g/mol. The van der Waals surface area contributed by atoms with E-state index in [1.807, 2.05) is 0 Å². The van der Waals surface area contributed by atoms with Gasteiger partial charge in [-0.05, 0) is 49.3 Å². The van der Waals surface area contributed by atoms with Gasteiger partial charge in [-0.1, -0.05) is 12.1 Å². The smallest absolute Gasteiger partial charge is 0.326 e. The normalized spacial score (nSPS) is 27.0. The molecule has 0 saturated carbocycles. The fraction of sp³-hybridized carbons (Fsp3) is 0.588. The van der Waals surface area contributed by atoms with Gasteiger partial charge in [0.25, 0.3) is 0 Å². The Balaban J connectivity index is 1.54. The van der Waals surface area contributed by atoms with Gasteiger partial charge in [-0.25, -0.2) is 0 Å². The van der Waals surface area contributed by atoms with Gasteiger partial charge in [0.05, 0.1) is 6.42 Å². The van der Waals surface area contributed by atoms with Gasteiger partial charge in [-0.15, -0.1) is 0 Å². The highest BCUT2D eigenvalue weighted by atomic mass is 19.4. The minimum absolute atomic E-state index is 0.111. The maximum atomic E-state index is 12.4. The molecule has 2 bridgehead atoms. The van der Waals surface area contributed by atoms with Crippen molar-refractivity contribution < 1.29 is 18.0 Å². The Morgan fingerprint density at radius 2 is 1.91 bits per heavy atom. The molecule has 2 heterocycles. The van der Waals surface area contributed by atoms with Gasteiger partial charge in [0, 0.05) is 24.2 Å². The van der Waals surface area contributed by atoms with Crippen LogP contribution in [0.3, 0.4) is 0 Å². The summed E-state index contributed by atoms with van der Waals surface area (Å²) in [5.74, 6) is 0.257. The number of amides is 1. The zero-order valence-electron chi connectivity index (χ0n) is 12.8. The molecule has 2 fully saturated rings.